The van der Waals surface area contributed by atoms with E-state index in [1.165, 1.54) is 34.8 Å². The van der Waals surface area contributed by atoms with E-state index in [0.717, 1.165) is 4.68 Å². The van der Waals surface area contributed by atoms with Gasteiger partial charge in [-0.1, -0.05) is 42.3 Å². The number of ether oxygens (including phenoxy) is 2. The maximum atomic E-state index is 13.2. The highest BCUT2D eigenvalue weighted by Crippen LogP contribution is 2.31. The summed E-state index contributed by atoms with van der Waals surface area (Å²) < 4.78 is 40.4. The first kappa shape index (κ1) is 22.6. The first-order valence-electron chi connectivity index (χ1n) is 9.73. The lowest BCUT2D eigenvalue weighted by Crippen LogP contribution is -2.43. The number of sulfonamides is 1. The molecule has 168 valence electrons. The van der Waals surface area contributed by atoms with Crippen molar-refractivity contribution < 1.29 is 17.9 Å². The molecular formula is C21H19Cl2N3O5S. The molecule has 0 bridgehead atoms. The number of hydrogen-bond acceptors (Lipinski definition) is 6. The van der Waals surface area contributed by atoms with Crippen LogP contribution in [0.4, 0.5) is 0 Å². The van der Waals surface area contributed by atoms with Crippen LogP contribution >= 0.6 is 23.2 Å². The van der Waals surface area contributed by atoms with Crippen molar-refractivity contribution in [2.24, 2.45) is 0 Å². The fourth-order valence-corrected chi connectivity index (χ4v) is 5.02. The zero-order valence-corrected chi connectivity index (χ0v) is 19.3. The largest absolute Gasteiger partial charge is 0.486 e. The molecule has 11 heteroatoms. The summed E-state index contributed by atoms with van der Waals surface area (Å²) in [5.74, 6) is 1.22. The molecule has 0 spiro atoms. The van der Waals surface area contributed by atoms with Gasteiger partial charge in [0.2, 0.25) is 10.0 Å². The minimum Gasteiger partial charge on any atom is -0.486 e. The van der Waals surface area contributed by atoms with Gasteiger partial charge in [-0.15, -0.1) is 0 Å². The highest BCUT2D eigenvalue weighted by atomic mass is 35.5. The van der Waals surface area contributed by atoms with Crippen molar-refractivity contribution in [2.45, 2.75) is 17.9 Å². The molecule has 2 heterocycles. The molecule has 3 aromatic rings. The summed E-state index contributed by atoms with van der Waals surface area (Å²) in [6.07, 6.45) is 0.803. The van der Waals surface area contributed by atoms with E-state index in [2.05, 4.69) is 5.10 Å². The Morgan fingerprint density at radius 3 is 2.50 bits per heavy atom. The molecule has 0 unspecified atom stereocenters. The first-order valence-corrected chi connectivity index (χ1v) is 11.9. The minimum atomic E-state index is -3.81. The van der Waals surface area contributed by atoms with Gasteiger partial charge in [0.25, 0.3) is 5.56 Å². The molecule has 0 amide bonds. The Morgan fingerprint density at radius 1 is 1.12 bits per heavy atom. The molecule has 0 fully saturated rings. The summed E-state index contributed by atoms with van der Waals surface area (Å²) in [4.78, 5) is 12.3. The molecule has 0 saturated heterocycles. The lowest BCUT2D eigenvalue weighted by Gasteiger charge is -2.30. The second kappa shape index (κ2) is 9.11. The van der Waals surface area contributed by atoms with E-state index >= 15 is 0 Å². The molecule has 1 aliphatic rings. The third kappa shape index (κ3) is 4.33. The van der Waals surface area contributed by atoms with Crippen LogP contribution < -0.4 is 15.0 Å². The zero-order valence-electron chi connectivity index (χ0n) is 16.9. The molecule has 1 atom stereocenters. The van der Waals surface area contributed by atoms with Crippen molar-refractivity contribution in [1.29, 1.82) is 0 Å². The van der Waals surface area contributed by atoms with E-state index in [1.54, 1.807) is 19.1 Å². The van der Waals surface area contributed by atoms with Crippen molar-refractivity contribution in [3.8, 4) is 17.2 Å². The van der Waals surface area contributed by atoms with Crippen molar-refractivity contribution in [3.63, 3.8) is 0 Å². The average Bonchev–Trinajstić information content (AvgIpc) is 2.81. The van der Waals surface area contributed by atoms with E-state index in [-0.39, 0.29) is 34.6 Å². The van der Waals surface area contributed by atoms with Crippen LogP contribution in [0.1, 0.15) is 6.92 Å². The van der Waals surface area contributed by atoms with Gasteiger partial charge in [-0.05, 0) is 36.4 Å². The number of benzene rings is 2. The normalized spacial score (nSPS) is 15.7. The molecule has 4 rings (SSSR count). The summed E-state index contributed by atoms with van der Waals surface area (Å²) in [5.41, 5.74) is -0.240. The van der Waals surface area contributed by atoms with E-state index < -0.39 is 21.7 Å². The van der Waals surface area contributed by atoms with Crippen molar-refractivity contribution >= 4 is 33.2 Å². The number of nitrogens with zero attached hydrogens (tertiary/aromatic N) is 3. The number of hydrogen-bond donors (Lipinski definition) is 0. The number of aromatic nitrogens is 2. The summed E-state index contributed by atoms with van der Waals surface area (Å²) in [5, 5.41) is 3.83. The lowest BCUT2D eigenvalue weighted by molar-refractivity contribution is 0.0771. The molecular weight excluding hydrogens is 477 g/mol. The standard InChI is InChI=1S/C21H19Cl2N3O5S/c1-2-25(12-15-13-30-18-5-3-4-6-19(18)31-15)32(28,29)16-9-7-14(8-10-16)26-21(27)20(23)17(22)11-24-26/h3-11,15H,2,12-13H2,1H3/t15-/m1/s1. The highest BCUT2D eigenvalue weighted by Gasteiger charge is 2.29. The van der Waals surface area contributed by atoms with Crippen LogP contribution in [0.3, 0.4) is 0 Å². The Kier molecular flexibility index (Phi) is 6.43. The smallest absolute Gasteiger partial charge is 0.291 e. The number of fused-ring (bicyclic) bond motifs is 1. The van der Waals surface area contributed by atoms with Crippen LogP contribution in [0, 0.1) is 0 Å². The van der Waals surface area contributed by atoms with Crippen LogP contribution in [-0.2, 0) is 10.0 Å². The van der Waals surface area contributed by atoms with Crippen molar-refractivity contribution in [1.82, 2.24) is 14.1 Å². The molecule has 0 N–H and O–H groups in total. The van der Waals surface area contributed by atoms with Gasteiger partial charge in [0, 0.05) is 6.54 Å². The Bertz CT molecular complexity index is 1300. The average molecular weight is 496 g/mol. The Morgan fingerprint density at radius 2 is 1.81 bits per heavy atom. The molecule has 1 aliphatic heterocycles. The fourth-order valence-electron chi connectivity index (χ4n) is 3.28. The third-order valence-electron chi connectivity index (χ3n) is 4.92. The fraction of sp³-hybridized carbons (Fsp3) is 0.238. The second-order valence-electron chi connectivity index (χ2n) is 6.97. The number of rotatable bonds is 6. The molecule has 32 heavy (non-hydrogen) atoms. The summed E-state index contributed by atoms with van der Waals surface area (Å²) in [6, 6.07) is 13.0. The number of halogens is 2. The van der Waals surface area contributed by atoms with Crippen LogP contribution in [0.2, 0.25) is 10.0 Å². The second-order valence-corrected chi connectivity index (χ2v) is 9.69. The van der Waals surface area contributed by atoms with Crippen LogP contribution in [0.25, 0.3) is 5.69 Å². The van der Waals surface area contributed by atoms with Crippen LogP contribution in [0.15, 0.2) is 64.4 Å². The van der Waals surface area contributed by atoms with Gasteiger partial charge in [-0.2, -0.15) is 14.1 Å². The third-order valence-corrected chi connectivity index (χ3v) is 7.63. The quantitative estimate of drug-likeness (QED) is 0.520. The van der Waals surface area contributed by atoms with E-state index in [9.17, 15) is 13.2 Å². The van der Waals surface area contributed by atoms with Crippen LogP contribution in [-0.4, -0.2) is 48.3 Å². The molecule has 8 nitrogen and oxygen atoms in total. The van der Waals surface area contributed by atoms with E-state index in [0.29, 0.717) is 17.2 Å². The van der Waals surface area contributed by atoms with Gasteiger partial charge in [-0.3, -0.25) is 4.79 Å². The number of likely N-dealkylation sites (N-methyl/N-ethyl adjacent to an activating group) is 1. The summed E-state index contributed by atoms with van der Waals surface area (Å²) in [7, 11) is -3.81. The lowest BCUT2D eigenvalue weighted by atomic mass is 10.2. The van der Waals surface area contributed by atoms with Gasteiger partial charge in [0.15, 0.2) is 11.5 Å². The molecule has 1 aromatic heterocycles. The van der Waals surface area contributed by atoms with Crippen molar-refractivity contribution in [2.75, 3.05) is 19.7 Å². The number of para-hydroxylation sites is 2. The van der Waals surface area contributed by atoms with Gasteiger partial charge >= 0.3 is 0 Å². The van der Waals surface area contributed by atoms with Gasteiger partial charge in [0.1, 0.15) is 17.7 Å². The van der Waals surface area contributed by atoms with E-state index in [4.69, 9.17) is 32.7 Å². The molecule has 0 aliphatic carbocycles. The van der Waals surface area contributed by atoms with Crippen molar-refractivity contribution in [3.05, 3.63) is 75.1 Å². The maximum absolute atomic E-state index is 13.2. The monoisotopic (exact) mass is 495 g/mol. The summed E-state index contributed by atoms with van der Waals surface area (Å²) in [6.45, 7) is 2.37. The first-order chi connectivity index (χ1) is 15.3. The minimum absolute atomic E-state index is 0.0437. The van der Waals surface area contributed by atoms with Crippen LogP contribution in [0.5, 0.6) is 11.5 Å². The van der Waals surface area contributed by atoms with Gasteiger partial charge < -0.3 is 9.47 Å². The van der Waals surface area contributed by atoms with Gasteiger partial charge in [-0.25, -0.2) is 8.42 Å². The topological polar surface area (TPSA) is 90.7 Å². The maximum Gasteiger partial charge on any atom is 0.291 e. The van der Waals surface area contributed by atoms with E-state index in [1.807, 2.05) is 12.1 Å². The Labute approximate surface area is 194 Å². The highest BCUT2D eigenvalue weighted by molar-refractivity contribution is 7.89. The van der Waals surface area contributed by atoms with Gasteiger partial charge in [0.05, 0.1) is 28.3 Å². The molecule has 0 saturated carbocycles. The predicted molar refractivity (Wildman–Crippen MR) is 121 cm³/mol. The summed E-state index contributed by atoms with van der Waals surface area (Å²) >= 11 is 11.7. The SMILES string of the molecule is CCN(C[C@@H]1COc2ccccc2O1)S(=O)(=O)c1ccc(-n2ncc(Cl)c(Cl)c2=O)cc1. The predicted octanol–water partition coefficient (Wildman–Crippen LogP) is 3.39. The Balaban J connectivity index is 1.54. The zero-order chi connectivity index (χ0) is 22.9. The molecule has 2 aromatic carbocycles. The Hall–Kier alpha value is -2.59. The molecule has 0 radical (unpaired) electrons.